The Bertz CT molecular complexity index is 704. The summed E-state index contributed by atoms with van der Waals surface area (Å²) in [6.07, 6.45) is 0. The SMILES string of the molecule is Cc1ccc(S(=O)(=O)Nc2nnc(Cl)cc2Br)cc1. The van der Waals surface area contributed by atoms with Crippen molar-refractivity contribution < 1.29 is 8.42 Å². The van der Waals surface area contributed by atoms with E-state index in [-0.39, 0.29) is 15.9 Å². The second-order valence-electron chi connectivity index (χ2n) is 3.78. The average Bonchev–Trinajstić information content (AvgIpc) is 2.33. The van der Waals surface area contributed by atoms with Crippen molar-refractivity contribution in [3.8, 4) is 0 Å². The highest BCUT2D eigenvalue weighted by atomic mass is 79.9. The molecule has 0 saturated heterocycles. The standard InChI is InChI=1S/C11H9BrClN3O2S/c1-7-2-4-8(5-3-7)19(17,18)16-11-9(12)6-10(13)14-15-11/h2-6H,1H3,(H,15,16). The Morgan fingerprint density at radius 3 is 2.42 bits per heavy atom. The Morgan fingerprint density at radius 1 is 1.21 bits per heavy atom. The van der Waals surface area contributed by atoms with Gasteiger partial charge in [0.15, 0.2) is 11.0 Å². The van der Waals surface area contributed by atoms with Gasteiger partial charge >= 0.3 is 0 Å². The zero-order valence-corrected chi connectivity index (χ0v) is 12.9. The van der Waals surface area contributed by atoms with E-state index in [1.807, 2.05) is 6.92 Å². The normalized spacial score (nSPS) is 11.3. The number of nitrogens with zero attached hydrogens (tertiary/aromatic N) is 2. The van der Waals surface area contributed by atoms with E-state index in [2.05, 4.69) is 30.8 Å². The van der Waals surface area contributed by atoms with Crippen molar-refractivity contribution in [2.75, 3.05) is 4.72 Å². The molecule has 0 unspecified atom stereocenters. The van der Waals surface area contributed by atoms with Crippen LogP contribution in [-0.2, 0) is 10.0 Å². The summed E-state index contributed by atoms with van der Waals surface area (Å²) in [4.78, 5) is 0.154. The minimum Gasteiger partial charge on any atom is -0.261 e. The van der Waals surface area contributed by atoms with Gasteiger partial charge in [-0.25, -0.2) is 8.42 Å². The topological polar surface area (TPSA) is 72.0 Å². The fourth-order valence-electron chi connectivity index (χ4n) is 1.32. The number of benzene rings is 1. The van der Waals surface area contributed by atoms with Crippen LogP contribution in [0.1, 0.15) is 5.56 Å². The molecule has 5 nitrogen and oxygen atoms in total. The van der Waals surface area contributed by atoms with Crippen molar-refractivity contribution in [2.24, 2.45) is 0 Å². The van der Waals surface area contributed by atoms with Crippen molar-refractivity contribution in [3.63, 3.8) is 0 Å². The Kier molecular flexibility index (Phi) is 4.07. The van der Waals surface area contributed by atoms with Gasteiger partial charge in [-0.3, -0.25) is 4.72 Å². The monoisotopic (exact) mass is 361 g/mol. The summed E-state index contributed by atoms with van der Waals surface area (Å²) < 4.78 is 27.0. The number of sulfonamides is 1. The van der Waals surface area contributed by atoms with Gasteiger partial charge in [-0.05, 0) is 41.1 Å². The van der Waals surface area contributed by atoms with E-state index in [1.165, 1.54) is 18.2 Å². The molecule has 0 spiro atoms. The third-order valence-electron chi connectivity index (χ3n) is 2.28. The fourth-order valence-corrected chi connectivity index (χ4v) is 3.14. The summed E-state index contributed by atoms with van der Waals surface area (Å²) in [5.41, 5.74) is 0.978. The van der Waals surface area contributed by atoms with Crippen molar-refractivity contribution in [3.05, 3.63) is 45.5 Å². The summed E-state index contributed by atoms with van der Waals surface area (Å²) in [6.45, 7) is 1.88. The predicted octanol–water partition coefficient (Wildman–Crippen LogP) is 3.00. The van der Waals surface area contributed by atoms with Crippen LogP contribution in [-0.4, -0.2) is 18.6 Å². The van der Waals surface area contributed by atoms with Crippen molar-refractivity contribution in [1.29, 1.82) is 0 Å². The van der Waals surface area contributed by atoms with Gasteiger partial charge in [-0.1, -0.05) is 29.3 Å². The molecule has 1 N–H and O–H groups in total. The molecular weight excluding hydrogens is 354 g/mol. The Labute approximate surface area is 124 Å². The van der Waals surface area contributed by atoms with Gasteiger partial charge in [0, 0.05) is 0 Å². The molecule has 2 aromatic rings. The molecule has 8 heteroatoms. The quantitative estimate of drug-likeness (QED) is 0.911. The minimum atomic E-state index is -3.69. The number of halogens is 2. The molecule has 0 atom stereocenters. The molecule has 1 aromatic carbocycles. The first-order valence-electron chi connectivity index (χ1n) is 5.17. The summed E-state index contributed by atoms with van der Waals surface area (Å²) in [5, 5.41) is 7.45. The lowest BCUT2D eigenvalue weighted by Crippen LogP contribution is -2.14. The molecule has 100 valence electrons. The molecule has 2 rings (SSSR count). The molecule has 1 heterocycles. The molecule has 0 saturated carbocycles. The van der Waals surface area contributed by atoms with Gasteiger partial charge in [0.2, 0.25) is 0 Å². The number of hydrogen-bond acceptors (Lipinski definition) is 4. The second kappa shape index (κ2) is 5.44. The van der Waals surface area contributed by atoms with Gasteiger partial charge in [-0.2, -0.15) is 0 Å². The number of aryl methyl sites for hydroxylation is 1. The van der Waals surface area contributed by atoms with E-state index in [1.54, 1.807) is 12.1 Å². The number of nitrogens with one attached hydrogen (secondary N) is 1. The molecule has 0 radical (unpaired) electrons. The lowest BCUT2D eigenvalue weighted by Gasteiger charge is -2.08. The van der Waals surface area contributed by atoms with Gasteiger partial charge < -0.3 is 0 Å². The van der Waals surface area contributed by atoms with Crippen LogP contribution in [0, 0.1) is 6.92 Å². The average molecular weight is 363 g/mol. The maximum absolute atomic E-state index is 12.1. The number of anilines is 1. The largest absolute Gasteiger partial charge is 0.263 e. The first kappa shape index (κ1) is 14.2. The van der Waals surface area contributed by atoms with Crippen LogP contribution in [0.2, 0.25) is 5.15 Å². The molecule has 1 aromatic heterocycles. The van der Waals surface area contributed by atoms with Crippen LogP contribution in [0.15, 0.2) is 39.7 Å². The van der Waals surface area contributed by atoms with Crippen molar-refractivity contribution in [2.45, 2.75) is 11.8 Å². The van der Waals surface area contributed by atoms with Crippen LogP contribution < -0.4 is 4.72 Å². The molecule has 0 bridgehead atoms. The summed E-state index contributed by atoms with van der Waals surface area (Å²) >= 11 is 8.81. The molecule has 0 aliphatic heterocycles. The van der Waals surface area contributed by atoms with Crippen LogP contribution in [0.4, 0.5) is 5.82 Å². The zero-order chi connectivity index (χ0) is 14.0. The minimum absolute atomic E-state index is 0.0879. The summed E-state index contributed by atoms with van der Waals surface area (Å²) in [7, 11) is -3.69. The highest BCUT2D eigenvalue weighted by molar-refractivity contribution is 9.10. The zero-order valence-electron chi connectivity index (χ0n) is 9.76. The summed E-state index contributed by atoms with van der Waals surface area (Å²) in [5.74, 6) is 0.0879. The third kappa shape index (κ3) is 3.43. The number of rotatable bonds is 3. The second-order valence-corrected chi connectivity index (χ2v) is 6.71. The van der Waals surface area contributed by atoms with E-state index in [0.29, 0.717) is 4.47 Å². The van der Waals surface area contributed by atoms with Crippen molar-refractivity contribution >= 4 is 43.4 Å². The molecule has 19 heavy (non-hydrogen) atoms. The first-order chi connectivity index (χ1) is 8.88. The fraction of sp³-hybridized carbons (Fsp3) is 0.0909. The molecular formula is C11H9BrClN3O2S. The van der Waals surface area contributed by atoms with Gasteiger partial charge in [0.1, 0.15) is 0 Å². The Balaban J connectivity index is 2.33. The van der Waals surface area contributed by atoms with Crippen LogP contribution in [0.5, 0.6) is 0 Å². The highest BCUT2D eigenvalue weighted by Gasteiger charge is 2.16. The smallest absolute Gasteiger partial charge is 0.261 e. The number of aromatic nitrogens is 2. The lowest BCUT2D eigenvalue weighted by atomic mass is 10.2. The van der Waals surface area contributed by atoms with Crippen LogP contribution in [0.3, 0.4) is 0 Å². The maximum atomic E-state index is 12.1. The van der Waals surface area contributed by atoms with Crippen LogP contribution >= 0.6 is 27.5 Å². The summed E-state index contributed by atoms with van der Waals surface area (Å²) in [6, 6.07) is 7.94. The van der Waals surface area contributed by atoms with Crippen LogP contribution in [0.25, 0.3) is 0 Å². The highest BCUT2D eigenvalue weighted by Crippen LogP contribution is 2.24. The van der Waals surface area contributed by atoms with E-state index >= 15 is 0 Å². The van der Waals surface area contributed by atoms with E-state index in [9.17, 15) is 8.42 Å². The van der Waals surface area contributed by atoms with Gasteiger partial charge in [-0.15, -0.1) is 10.2 Å². The van der Waals surface area contributed by atoms with Gasteiger partial charge in [0.05, 0.1) is 9.37 Å². The predicted molar refractivity (Wildman–Crippen MR) is 76.7 cm³/mol. The molecule has 0 aliphatic rings. The first-order valence-corrected chi connectivity index (χ1v) is 7.82. The van der Waals surface area contributed by atoms with E-state index in [4.69, 9.17) is 11.6 Å². The Morgan fingerprint density at radius 2 is 1.84 bits per heavy atom. The maximum Gasteiger partial charge on any atom is 0.263 e. The molecule has 0 aliphatic carbocycles. The third-order valence-corrected chi connectivity index (χ3v) is 4.42. The van der Waals surface area contributed by atoms with Gasteiger partial charge in [0.25, 0.3) is 10.0 Å². The number of hydrogen-bond donors (Lipinski definition) is 1. The van der Waals surface area contributed by atoms with E-state index in [0.717, 1.165) is 5.56 Å². The molecule has 0 amide bonds. The van der Waals surface area contributed by atoms with Crippen molar-refractivity contribution in [1.82, 2.24) is 10.2 Å². The van der Waals surface area contributed by atoms with E-state index < -0.39 is 10.0 Å². The lowest BCUT2D eigenvalue weighted by molar-refractivity contribution is 0.601. The Hall–Kier alpha value is -1.18. The molecule has 0 fully saturated rings.